The minimum absolute atomic E-state index is 0.0913. The molecule has 5 nitrogen and oxygen atoms in total. The third kappa shape index (κ3) is 1.99. The Bertz CT molecular complexity index is 407. The van der Waals surface area contributed by atoms with Crippen molar-refractivity contribution in [3.63, 3.8) is 0 Å². The van der Waals surface area contributed by atoms with Gasteiger partial charge in [0.15, 0.2) is 0 Å². The van der Waals surface area contributed by atoms with E-state index in [2.05, 4.69) is 4.98 Å². The molecule has 1 saturated heterocycles. The van der Waals surface area contributed by atoms with E-state index in [0.717, 1.165) is 12.2 Å². The number of likely N-dealkylation sites (N-methyl/N-ethyl adjacent to an activating group) is 1. The fourth-order valence-electron chi connectivity index (χ4n) is 2.13. The van der Waals surface area contributed by atoms with Gasteiger partial charge >= 0.3 is 0 Å². The van der Waals surface area contributed by atoms with Crippen LogP contribution in [-0.4, -0.2) is 42.0 Å². The van der Waals surface area contributed by atoms with Crippen molar-refractivity contribution < 1.29 is 4.79 Å². The minimum atomic E-state index is 0.0913. The third-order valence-corrected chi connectivity index (χ3v) is 2.71. The molecule has 0 bridgehead atoms. The van der Waals surface area contributed by atoms with E-state index < -0.39 is 0 Å². The number of rotatable bonds is 1. The quantitative estimate of drug-likeness (QED) is 0.741. The van der Waals surface area contributed by atoms with Crippen LogP contribution >= 0.6 is 0 Å². The third-order valence-electron chi connectivity index (χ3n) is 2.71. The Morgan fingerprint density at radius 1 is 1.50 bits per heavy atom. The van der Waals surface area contributed by atoms with Gasteiger partial charge in [0.1, 0.15) is 0 Å². The zero-order valence-corrected chi connectivity index (χ0v) is 9.55. The maximum Gasteiger partial charge on any atom is 0.241 e. The highest BCUT2D eigenvalue weighted by molar-refractivity contribution is 5.96. The zero-order chi connectivity index (χ0) is 11.7. The van der Waals surface area contributed by atoms with Gasteiger partial charge in [-0.05, 0) is 20.0 Å². The van der Waals surface area contributed by atoms with Crippen molar-refractivity contribution in [1.29, 1.82) is 0 Å². The van der Waals surface area contributed by atoms with E-state index in [0.29, 0.717) is 12.2 Å². The van der Waals surface area contributed by atoms with E-state index in [4.69, 9.17) is 5.73 Å². The first kappa shape index (κ1) is 10.9. The summed E-state index contributed by atoms with van der Waals surface area (Å²) in [6.07, 6.45) is 3.25. The molecule has 1 aromatic heterocycles. The van der Waals surface area contributed by atoms with Crippen molar-refractivity contribution in [2.75, 3.05) is 30.8 Å². The summed E-state index contributed by atoms with van der Waals surface area (Å²) >= 11 is 0. The van der Waals surface area contributed by atoms with E-state index in [-0.39, 0.29) is 11.9 Å². The van der Waals surface area contributed by atoms with Crippen LogP contribution in [0.1, 0.15) is 6.92 Å². The number of piperazine rings is 1. The van der Waals surface area contributed by atoms with Crippen molar-refractivity contribution in [3.8, 4) is 0 Å². The molecule has 5 heteroatoms. The monoisotopic (exact) mass is 220 g/mol. The lowest BCUT2D eigenvalue weighted by Crippen LogP contribution is -2.54. The molecule has 1 aromatic rings. The van der Waals surface area contributed by atoms with Gasteiger partial charge in [0, 0.05) is 18.8 Å². The lowest BCUT2D eigenvalue weighted by molar-refractivity contribution is -0.121. The van der Waals surface area contributed by atoms with Gasteiger partial charge in [-0.25, -0.2) is 0 Å². The Kier molecular flexibility index (Phi) is 2.78. The van der Waals surface area contributed by atoms with Crippen molar-refractivity contribution in [2.24, 2.45) is 0 Å². The Morgan fingerprint density at radius 2 is 2.25 bits per heavy atom. The second-order valence-electron chi connectivity index (χ2n) is 4.29. The number of anilines is 2. The molecule has 0 spiro atoms. The molecule has 2 rings (SSSR count). The van der Waals surface area contributed by atoms with Gasteiger partial charge in [0.2, 0.25) is 5.91 Å². The number of nitrogens with two attached hydrogens (primary N) is 1. The predicted molar refractivity (Wildman–Crippen MR) is 63.1 cm³/mol. The summed E-state index contributed by atoms with van der Waals surface area (Å²) in [6, 6.07) is 1.93. The number of pyridine rings is 1. The van der Waals surface area contributed by atoms with Crippen LogP contribution in [0.4, 0.5) is 11.4 Å². The molecule has 0 radical (unpaired) electrons. The smallest absolute Gasteiger partial charge is 0.241 e. The van der Waals surface area contributed by atoms with Crippen LogP contribution in [0.3, 0.4) is 0 Å². The van der Waals surface area contributed by atoms with E-state index in [1.165, 1.54) is 0 Å². The number of carbonyl (C=O) groups is 1. The van der Waals surface area contributed by atoms with Gasteiger partial charge in [-0.1, -0.05) is 0 Å². The van der Waals surface area contributed by atoms with E-state index in [1.54, 1.807) is 23.4 Å². The average Bonchev–Trinajstić information content (AvgIpc) is 2.15. The molecule has 0 aromatic carbocycles. The summed E-state index contributed by atoms with van der Waals surface area (Å²) < 4.78 is 0. The van der Waals surface area contributed by atoms with Gasteiger partial charge in [0.25, 0.3) is 0 Å². The molecule has 1 aliphatic heterocycles. The molecule has 0 aliphatic carbocycles. The molecule has 16 heavy (non-hydrogen) atoms. The predicted octanol–water partition coefficient (Wildman–Crippen LogP) is 0.331. The Labute approximate surface area is 94.9 Å². The highest BCUT2D eigenvalue weighted by Crippen LogP contribution is 2.21. The summed E-state index contributed by atoms with van der Waals surface area (Å²) in [6.45, 7) is 3.33. The number of nitrogen functional groups attached to an aromatic ring is 1. The van der Waals surface area contributed by atoms with Gasteiger partial charge in [-0.3, -0.25) is 14.7 Å². The molecule has 86 valence electrons. The summed E-state index contributed by atoms with van der Waals surface area (Å²) in [5.74, 6) is 0.0913. The SMILES string of the molecule is CC1CN(C)CC(=O)N1c1cncc(N)c1. The van der Waals surface area contributed by atoms with E-state index in [1.807, 2.05) is 18.9 Å². The van der Waals surface area contributed by atoms with Crippen LogP contribution in [0.5, 0.6) is 0 Å². The van der Waals surface area contributed by atoms with Crippen LogP contribution < -0.4 is 10.6 Å². The largest absolute Gasteiger partial charge is 0.397 e. The van der Waals surface area contributed by atoms with Crippen molar-refractivity contribution in [1.82, 2.24) is 9.88 Å². The summed E-state index contributed by atoms with van der Waals surface area (Å²) in [4.78, 5) is 19.7. The molecule has 1 unspecified atom stereocenters. The molecular formula is C11H16N4O. The van der Waals surface area contributed by atoms with Crippen molar-refractivity contribution in [3.05, 3.63) is 18.5 Å². The van der Waals surface area contributed by atoms with Crippen LogP contribution in [-0.2, 0) is 4.79 Å². The van der Waals surface area contributed by atoms with Crippen molar-refractivity contribution >= 4 is 17.3 Å². The maximum absolute atomic E-state index is 11.9. The fourth-order valence-corrected chi connectivity index (χ4v) is 2.13. The average molecular weight is 220 g/mol. The molecule has 1 atom stereocenters. The van der Waals surface area contributed by atoms with Crippen LogP contribution in [0, 0.1) is 0 Å². The van der Waals surface area contributed by atoms with E-state index >= 15 is 0 Å². The first-order chi connectivity index (χ1) is 7.58. The normalized spacial score (nSPS) is 22.5. The fraction of sp³-hybridized carbons (Fsp3) is 0.455. The number of amides is 1. The molecule has 0 saturated carbocycles. The van der Waals surface area contributed by atoms with E-state index in [9.17, 15) is 4.79 Å². The minimum Gasteiger partial charge on any atom is -0.397 e. The highest BCUT2D eigenvalue weighted by atomic mass is 16.2. The molecule has 1 aliphatic rings. The number of hydrogen-bond donors (Lipinski definition) is 1. The lowest BCUT2D eigenvalue weighted by Gasteiger charge is -2.37. The highest BCUT2D eigenvalue weighted by Gasteiger charge is 2.29. The number of carbonyl (C=O) groups excluding carboxylic acids is 1. The van der Waals surface area contributed by atoms with Gasteiger partial charge in [0.05, 0.1) is 24.1 Å². The summed E-state index contributed by atoms with van der Waals surface area (Å²) in [5, 5.41) is 0. The first-order valence-corrected chi connectivity index (χ1v) is 5.29. The molecule has 1 fully saturated rings. The molecular weight excluding hydrogens is 204 g/mol. The number of hydrogen-bond acceptors (Lipinski definition) is 4. The second kappa shape index (κ2) is 4.09. The molecule has 2 heterocycles. The summed E-state index contributed by atoms with van der Waals surface area (Å²) in [7, 11) is 1.95. The Balaban J connectivity index is 2.29. The topological polar surface area (TPSA) is 62.5 Å². The maximum atomic E-state index is 11.9. The number of aromatic nitrogens is 1. The van der Waals surface area contributed by atoms with Gasteiger partial charge in [-0.2, -0.15) is 0 Å². The lowest BCUT2D eigenvalue weighted by atomic mass is 10.1. The van der Waals surface area contributed by atoms with Crippen LogP contribution in [0.25, 0.3) is 0 Å². The molecule has 2 N–H and O–H groups in total. The zero-order valence-electron chi connectivity index (χ0n) is 9.55. The van der Waals surface area contributed by atoms with Gasteiger partial charge < -0.3 is 10.6 Å². The standard InChI is InChI=1S/C11H16N4O/c1-8-6-14(2)7-11(16)15(8)10-3-9(12)4-13-5-10/h3-5,8H,6-7,12H2,1-2H3. The Hall–Kier alpha value is -1.62. The van der Waals surface area contributed by atoms with Gasteiger partial charge in [-0.15, -0.1) is 0 Å². The Morgan fingerprint density at radius 3 is 2.88 bits per heavy atom. The van der Waals surface area contributed by atoms with Crippen molar-refractivity contribution in [2.45, 2.75) is 13.0 Å². The second-order valence-corrected chi connectivity index (χ2v) is 4.29. The summed E-state index contributed by atoms with van der Waals surface area (Å²) in [5.41, 5.74) is 7.04. The van der Waals surface area contributed by atoms with Crippen LogP contribution in [0.15, 0.2) is 18.5 Å². The van der Waals surface area contributed by atoms with Crippen LogP contribution in [0.2, 0.25) is 0 Å². The molecule has 1 amide bonds. The number of nitrogens with zero attached hydrogens (tertiary/aromatic N) is 3. The first-order valence-electron chi connectivity index (χ1n) is 5.29.